The van der Waals surface area contributed by atoms with Crippen molar-refractivity contribution in [1.82, 2.24) is 5.32 Å². The average Bonchev–Trinajstić information content (AvgIpc) is 2.38. The fourth-order valence-corrected chi connectivity index (χ4v) is 1.63. The molecule has 2 N–H and O–H groups in total. The van der Waals surface area contributed by atoms with Gasteiger partial charge in [-0.15, -0.1) is 0 Å². The lowest BCUT2D eigenvalue weighted by Gasteiger charge is -2.15. The first kappa shape index (κ1) is 17.1. The van der Waals surface area contributed by atoms with Gasteiger partial charge < -0.3 is 15.4 Å². The van der Waals surface area contributed by atoms with Crippen molar-refractivity contribution >= 4 is 29.3 Å². The van der Waals surface area contributed by atoms with Gasteiger partial charge in [-0.25, -0.2) is 4.79 Å². The number of hydrogen-bond donors (Lipinski definition) is 2. The quantitative estimate of drug-likeness (QED) is 0.837. The predicted molar refractivity (Wildman–Crippen MR) is 70.1 cm³/mol. The molecule has 0 aliphatic heterocycles. The van der Waals surface area contributed by atoms with Crippen LogP contribution >= 0.6 is 11.6 Å². The molecule has 21 heavy (non-hydrogen) atoms. The molecule has 1 aromatic rings. The zero-order valence-corrected chi connectivity index (χ0v) is 11.6. The van der Waals surface area contributed by atoms with E-state index in [0.717, 1.165) is 12.1 Å². The van der Waals surface area contributed by atoms with Gasteiger partial charge in [0.25, 0.3) is 0 Å². The smallest absolute Gasteiger partial charge is 0.418 e. The zero-order valence-electron chi connectivity index (χ0n) is 10.9. The number of rotatable bonds is 4. The fraction of sp³-hybridized carbons (Fsp3) is 0.333. The molecule has 0 aliphatic rings. The van der Waals surface area contributed by atoms with E-state index >= 15 is 0 Å². The first-order valence-corrected chi connectivity index (χ1v) is 6.19. The van der Waals surface area contributed by atoms with E-state index in [1.807, 2.05) is 5.32 Å². The van der Waals surface area contributed by atoms with Crippen LogP contribution in [0.25, 0.3) is 0 Å². The number of esters is 1. The molecule has 0 bridgehead atoms. The number of urea groups is 1. The topological polar surface area (TPSA) is 67.4 Å². The molecule has 0 spiro atoms. The van der Waals surface area contributed by atoms with Crippen LogP contribution in [0.4, 0.5) is 23.7 Å². The van der Waals surface area contributed by atoms with Crippen molar-refractivity contribution in [2.24, 2.45) is 0 Å². The van der Waals surface area contributed by atoms with Gasteiger partial charge in [0.2, 0.25) is 0 Å². The van der Waals surface area contributed by atoms with E-state index in [1.165, 1.54) is 6.07 Å². The summed E-state index contributed by atoms with van der Waals surface area (Å²) in [5.41, 5.74) is -1.66. The maximum absolute atomic E-state index is 12.8. The molecular formula is C12H12ClF3N2O3. The Morgan fingerprint density at radius 2 is 2.00 bits per heavy atom. The minimum atomic E-state index is -4.67. The summed E-state index contributed by atoms with van der Waals surface area (Å²) in [5.74, 6) is -0.706. The van der Waals surface area contributed by atoms with Gasteiger partial charge in [-0.1, -0.05) is 17.7 Å². The van der Waals surface area contributed by atoms with Crippen LogP contribution in [0.5, 0.6) is 0 Å². The van der Waals surface area contributed by atoms with Crippen molar-refractivity contribution in [3.8, 4) is 0 Å². The number of halogens is 4. The van der Waals surface area contributed by atoms with Crippen LogP contribution in [0.15, 0.2) is 18.2 Å². The fourth-order valence-electron chi connectivity index (χ4n) is 1.41. The minimum absolute atomic E-state index is 0.130. The second-order valence-corrected chi connectivity index (χ2v) is 4.18. The lowest BCUT2D eigenvalue weighted by Crippen LogP contribution is -2.34. The lowest BCUT2D eigenvalue weighted by atomic mass is 10.1. The number of benzene rings is 1. The molecule has 2 amide bonds. The van der Waals surface area contributed by atoms with Gasteiger partial charge in [-0.05, 0) is 19.1 Å². The summed E-state index contributed by atoms with van der Waals surface area (Å²) in [6.45, 7) is 1.24. The average molecular weight is 325 g/mol. The van der Waals surface area contributed by atoms with Crippen molar-refractivity contribution in [1.29, 1.82) is 0 Å². The number of para-hydroxylation sites is 1. The predicted octanol–water partition coefficient (Wildman–Crippen LogP) is 3.04. The molecule has 0 fully saturated rings. The third kappa shape index (κ3) is 5.14. The number of anilines is 1. The van der Waals surface area contributed by atoms with Crippen LogP contribution in [0, 0.1) is 0 Å². The number of alkyl halides is 3. The monoisotopic (exact) mass is 324 g/mol. The SMILES string of the molecule is CCOC(=O)CNC(=O)Nc1c(Cl)cccc1C(F)(F)F. The summed E-state index contributed by atoms with van der Waals surface area (Å²) in [5, 5.41) is 3.78. The van der Waals surface area contributed by atoms with Crippen LogP contribution in [0.3, 0.4) is 0 Å². The normalized spacial score (nSPS) is 10.9. The molecule has 0 aromatic heterocycles. The van der Waals surface area contributed by atoms with E-state index in [9.17, 15) is 22.8 Å². The Kier molecular flexibility index (Phi) is 5.83. The first-order valence-electron chi connectivity index (χ1n) is 5.82. The molecule has 0 saturated carbocycles. The largest absolute Gasteiger partial charge is 0.465 e. The van der Waals surface area contributed by atoms with Gasteiger partial charge in [0.15, 0.2) is 0 Å². The number of amides is 2. The standard InChI is InChI=1S/C12H12ClF3N2O3/c1-2-21-9(19)6-17-11(20)18-10-7(12(14,15)16)4-3-5-8(10)13/h3-5H,2,6H2,1H3,(H2,17,18,20). The summed E-state index contributed by atoms with van der Waals surface area (Å²) in [4.78, 5) is 22.5. The Balaban J connectivity index is 2.79. The maximum atomic E-state index is 12.8. The van der Waals surface area contributed by atoms with Gasteiger partial charge in [0.05, 0.1) is 22.9 Å². The number of carbonyl (C=O) groups is 2. The summed E-state index contributed by atoms with van der Waals surface area (Å²) in [7, 11) is 0. The maximum Gasteiger partial charge on any atom is 0.418 e. The Morgan fingerprint density at radius 3 is 2.57 bits per heavy atom. The highest BCUT2D eigenvalue weighted by Crippen LogP contribution is 2.38. The van der Waals surface area contributed by atoms with Gasteiger partial charge >= 0.3 is 18.2 Å². The number of carbonyl (C=O) groups excluding carboxylic acids is 2. The van der Waals surface area contributed by atoms with Crippen molar-refractivity contribution in [2.45, 2.75) is 13.1 Å². The second-order valence-electron chi connectivity index (χ2n) is 3.77. The third-order valence-electron chi connectivity index (χ3n) is 2.26. The first-order chi connectivity index (χ1) is 9.75. The van der Waals surface area contributed by atoms with Crippen molar-refractivity contribution in [3.05, 3.63) is 28.8 Å². The molecule has 5 nitrogen and oxygen atoms in total. The van der Waals surface area contributed by atoms with E-state index in [2.05, 4.69) is 10.1 Å². The van der Waals surface area contributed by atoms with E-state index in [0.29, 0.717) is 0 Å². The second kappa shape index (κ2) is 7.16. The molecule has 1 aromatic carbocycles. The Hall–Kier alpha value is -1.96. The minimum Gasteiger partial charge on any atom is -0.465 e. The van der Waals surface area contributed by atoms with Gasteiger partial charge in [-0.2, -0.15) is 13.2 Å². The van der Waals surface area contributed by atoms with Crippen LogP contribution < -0.4 is 10.6 Å². The molecule has 0 heterocycles. The number of hydrogen-bond acceptors (Lipinski definition) is 3. The van der Waals surface area contributed by atoms with Crippen molar-refractivity contribution < 1.29 is 27.5 Å². The summed E-state index contributed by atoms with van der Waals surface area (Å²) >= 11 is 5.66. The molecule has 0 saturated heterocycles. The van der Waals surface area contributed by atoms with Crippen LogP contribution in [0.1, 0.15) is 12.5 Å². The van der Waals surface area contributed by atoms with Crippen LogP contribution in [0.2, 0.25) is 5.02 Å². The van der Waals surface area contributed by atoms with Crippen molar-refractivity contribution in [2.75, 3.05) is 18.5 Å². The highest BCUT2D eigenvalue weighted by Gasteiger charge is 2.34. The summed E-state index contributed by atoms with van der Waals surface area (Å²) < 4.78 is 42.9. The van der Waals surface area contributed by atoms with Gasteiger partial charge in [0, 0.05) is 0 Å². The molecule has 0 aliphatic carbocycles. The summed E-state index contributed by atoms with van der Waals surface area (Å²) in [6.07, 6.45) is -4.67. The van der Waals surface area contributed by atoms with E-state index in [-0.39, 0.29) is 11.6 Å². The molecule has 0 atom stereocenters. The Labute approximate surface area is 123 Å². The highest BCUT2D eigenvalue weighted by atomic mass is 35.5. The Morgan fingerprint density at radius 1 is 1.33 bits per heavy atom. The molecule has 0 radical (unpaired) electrons. The Bertz CT molecular complexity index is 535. The van der Waals surface area contributed by atoms with Crippen LogP contribution in [-0.4, -0.2) is 25.2 Å². The number of nitrogens with one attached hydrogen (secondary N) is 2. The molecule has 0 unspecified atom stereocenters. The van der Waals surface area contributed by atoms with Crippen LogP contribution in [-0.2, 0) is 15.7 Å². The highest BCUT2D eigenvalue weighted by molar-refractivity contribution is 6.33. The van der Waals surface area contributed by atoms with E-state index in [4.69, 9.17) is 11.6 Å². The zero-order chi connectivity index (χ0) is 16.0. The lowest BCUT2D eigenvalue weighted by molar-refractivity contribution is -0.141. The third-order valence-corrected chi connectivity index (χ3v) is 2.57. The van der Waals surface area contributed by atoms with Gasteiger partial charge in [0.1, 0.15) is 6.54 Å². The van der Waals surface area contributed by atoms with E-state index < -0.39 is 36.0 Å². The summed E-state index contributed by atoms with van der Waals surface area (Å²) in [6, 6.07) is 2.11. The number of ether oxygens (including phenoxy) is 1. The molecular weight excluding hydrogens is 313 g/mol. The van der Waals surface area contributed by atoms with E-state index in [1.54, 1.807) is 6.92 Å². The molecule has 9 heteroatoms. The molecule has 1 rings (SSSR count). The van der Waals surface area contributed by atoms with Gasteiger partial charge in [-0.3, -0.25) is 4.79 Å². The molecule has 116 valence electrons. The van der Waals surface area contributed by atoms with Crippen molar-refractivity contribution in [3.63, 3.8) is 0 Å².